The van der Waals surface area contributed by atoms with Crippen molar-refractivity contribution >= 4 is 42.6 Å². The number of ether oxygens (including phenoxy) is 2. The third-order valence-electron chi connectivity index (χ3n) is 4.71. The van der Waals surface area contributed by atoms with E-state index < -0.39 is 19.8 Å². The van der Waals surface area contributed by atoms with E-state index in [9.17, 15) is 4.79 Å². The van der Waals surface area contributed by atoms with E-state index in [4.69, 9.17) is 21.1 Å². The normalized spacial score (nSPS) is 12.2. The Morgan fingerprint density at radius 2 is 1.97 bits per heavy atom. The molecule has 0 bridgehead atoms. The predicted octanol–water partition coefficient (Wildman–Crippen LogP) is 6.11. The second-order valence-electron chi connectivity index (χ2n) is 10.2. The van der Waals surface area contributed by atoms with Crippen LogP contribution in [0.1, 0.15) is 26.6 Å². The summed E-state index contributed by atoms with van der Waals surface area (Å²) in [5.41, 5.74) is 1.75. The summed E-state index contributed by atoms with van der Waals surface area (Å²) in [6, 6.07) is 4.70. The molecule has 0 fully saturated rings. The molecule has 0 aliphatic carbocycles. The molecule has 0 aromatic carbocycles. The minimum Gasteiger partial charge on any atom is -0.444 e. The van der Waals surface area contributed by atoms with Crippen LogP contribution in [-0.4, -0.2) is 45.9 Å². The first-order valence-electron chi connectivity index (χ1n) is 10.9. The van der Waals surface area contributed by atoms with E-state index >= 15 is 0 Å². The van der Waals surface area contributed by atoms with Gasteiger partial charge in [0.05, 0.1) is 5.39 Å². The maximum atomic E-state index is 12.2. The first kappa shape index (κ1) is 25.1. The average Bonchev–Trinajstić information content (AvgIpc) is 3.02. The molecular weight excluding hydrogens is 458 g/mol. The first-order valence-corrected chi connectivity index (χ1v) is 15.0. The summed E-state index contributed by atoms with van der Waals surface area (Å²) >= 11 is 6.54. The molecule has 33 heavy (non-hydrogen) atoms. The van der Waals surface area contributed by atoms with E-state index in [0.29, 0.717) is 35.8 Å². The number of carbonyl (C=O) groups excluding carboxylic acids is 1. The monoisotopic (exact) mass is 489 g/mol. The number of hydrogen-bond acceptors (Lipinski definition) is 6. The molecule has 8 nitrogen and oxygen atoms in total. The van der Waals surface area contributed by atoms with Gasteiger partial charge in [0, 0.05) is 32.6 Å². The molecule has 3 aromatic rings. The summed E-state index contributed by atoms with van der Waals surface area (Å²) < 4.78 is 13.2. The van der Waals surface area contributed by atoms with Gasteiger partial charge in [0.1, 0.15) is 34.8 Å². The van der Waals surface area contributed by atoms with Gasteiger partial charge in [-0.15, -0.1) is 0 Å². The number of halogens is 1. The quantitative estimate of drug-likeness (QED) is 0.244. The molecule has 178 valence electrons. The van der Waals surface area contributed by atoms with Crippen LogP contribution in [-0.2, 0) is 16.2 Å². The number of pyridine rings is 1. The second-order valence-corrected chi connectivity index (χ2v) is 16.2. The number of amides is 1. The highest BCUT2D eigenvalue weighted by Gasteiger charge is 2.20. The number of nitrogens with one attached hydrogen (secondary N) is 1. The smallest absolute Gasteiger partial charge is 0.413 e. The van der Waals surface area contributed by atoms with Crippen molar-refractivity contribution in [2.75, 3.05) is 11.9 Å². The van der Waals surface area contributed by atoms with Gasteiger partial charge in [0.2, 0.25) is 0 Å². The van der Waals surface area contributed by atoms with Crippen molar-refractivity contribution in [3.05, 3.63) is 35.5 Å². The largest absolute Gasteiger partial charge is 0.444 e. The van der Waals surface area contributed by atoms with Crippen LogP contribution in [0, 0.1) is 6.92 Å². The molecule has 0 saturated carbocycles. The van der Waals surface area contributed by atoms with Crippen LogP contribution in [0.4, 0.5) is 10.6 Å². The molecule has 3 heterocycles. The summed E-state index contributed by atoms with van der Waals surface area (Å²) in [6.07, 6.45) is 3.01. The fourth-order valence-corrected chi connectivity index (χ4v) is 4.24. The van der Waals surface area contributed by atoms with Crippen LogP contribution in [0.15, 0.2) is 24.5 Å². The first-order chi connectivity index (χ1) is 15.3. The van der Waals surface area contributed by atoms with Crippen molar-refractivity contribution in [3.8, 4) is 11.1 Å². The lowest BCUT2D eigenvalue weighted by Crippen LogP contribution is -2.27. The van der Waals surface area contributed by atoms with E-state index in [1.54, 1.807) is 33.0 Å². The van der Waals surface area contributed by atoms with Gasteiger partial charge >= 0.3 is 6.09 Å². The van der Waals surface area contributed by atoms with Crippen LogP contribution in [0.2, 0.25) is 30.8 Å². The molecule has 0 atom stereocenters. The molecule has 0 aliphatic rings. The van der Waals surface area contributed by atoms with Gasteiger partial charge in [-0.1, -0.05) is 31.2 Å². The van der Waals surface area contributed by atoms with Gasteiger partial charge in [-0.2, -0.15) is 0 Å². The summed E-state index contributed by atoms with van der Waals surface area (Å²) in [6.45, 7) is 15.3. The van der Waals surface area contributed by atoms with Gasteiger partial charge in [0.25, 0.3) is 0 Å². The Labute approximate surface area is 200 Å². The Balaban J connectivity index is 1.92. The van der Waals surface area contributed by atoms with E-state index in [-0.39, 0.29) is 0 Å². The van der Waals surface area contributed by atoms with Crippen molar-refractivity contribution in [2.24, 2.45) is 0 Å². The number of hydrogen-bond donors (Lipinski definition) is 1. The third kappa shape index (κ3) is 6.99. The van der Waals surface area contributed by atoms with Gasteiger partial charge in [-0.05, 0) is 51.4 Å². The zero-order valence-corrected chi connectivity index (χ0v) is 22.1. The fraction of sp³-hybridized carbons (Fsp3) is 0.478. The summed E-state index contributed by atoms with van der Waals surface area (Å²) in [4.78, 5) is 25.4. The molecule has 1 N–H and O–H groups in total. The van der Waals surface area contributed by atoms with Crippen LogP contribution >= 0.6 is 11.6 Å². The van der Waals surface area contributed by atoms with Gasteiger partial charge in [-0.3, -0.25) is 5.32 Å². The number of aromatic nitrogens is 4. The molecule has 0 spiro atoms. The maximum Gasteiger partial charge on any atom is 0.413 e. The predicted molar refractivity (Wildman–Crippen MR) is 134 cm³/mol. The lowest BCUT2D eigenvalue weighted by molar-refractivity contribution is 0.0635. The Hall–Kier alpha value is -2.49. The Bertz CT molecular complexity index is 1150. The molecule has 3 aromatic heterocycles. The summed E-state index contributed by atoms with van der Waals surface area (Å²) in [5, 5.41) is 3.77. The van der Waals surface area contributed by atoms with Crippen LogP contribution in [0.25, 0.3) is 22.2 Å². The number of anilines is 1. The molecule has 3 rings (SSSR count). The molecule has 10 heteroatoms. The van der Waals surface area contributed by atoms with E-state index in [1.165, 1.54) is 0 Å². The molecule has 1 amide bonds. The van der Waals surface area contributed by atoms with Crippen molar-refractivity contribution in [1.82, 2.24) is 19.5 Å². The van der Waals surface area contributed by atoms with Crippen LogP contribution < -0.4 is 5.32 Å². The maximum absolute atomic E-state index is 12.2. The van der Waals surface area contributed by atoms with Crippen molar-refractivity contribution in [1.29, 1.82) is 0 Å². The number of carbonyl (C=O) groups is 1. The second kappa shape index (κ2) is 9.78. The SMILES string of the molecule is Cc1nc(Cl)c2c(-c3ccnc(NC(=O)OC(C)(C)C)c3)cn(COCC[Si](C)(C)C)c2n1. The van der Waals surface area contributed by atoms with Crippen LogP contribution in [0.3, 0.4) is 0 Å². The lowest BCUT2D eigenvalue weighted by atomic mass is 10.1. The van der Waals surface area contributed by atoms with E-state index in [1.807, 2.05) is 23.8 Å². The molecule has 0 saturated heterocycles. The van der Waals surface area contributed by atoms with E-state index in [2.05, 4.69) is 39.9 Å². The zero-order valence-electron chi connectivity index (χ0n) is 20.3. The highest BCUT2D eigenvalue weighted by Crippen LogP contribution is 2.34. The number of aryl methyl sites for hydroxylation is 1. The minimum atomic E-state index is -1.18. The lowest BCUT2D eigenvalue weighted by Gasteiger charge is -2.19. The standard InChI is InChI=1S/C23H32ClN5O3Si/c1-15-26-20(24)19-17(13-29(21(19)27-15)14-31-10-11-33(5,6)7)16-8-9-25-18(12-16)28-22(30)32-23(2,3)4/h8-9,12-13H,10-11,14H2,1-7H3,(H,25,28,30). The van der Waals surface area contributed by atoms with Gasteiger partial charge in [0.15, 0.2) is 0 Å². The fourth-order valence-electron chi connectivity index (χ4n) is 3.18. The van der Waals surface area contributed by atoms with Crippen LogP contribution in [0.5, 0.6) is 0 Å². The summed E-state index contributed by atoms with van der Waals surface area (Å²) in [7, 11) is -1.18. The Morgan fingerprint density at radius 3 is 2.64 bits per heavy atom. The Kier molecular flexibility index (Phi) is 7.45. The third-order valence-corrected chi connectivity index (χ3v) is 6.69. The molecule has 0 unspecified atom stereocenters. The van der Waals surface area contributed by atoms with Gasteiger partial charge in [-0.25, -0.2) is 19.7 Å². The van der Waals surface area contributed by atoms with Crippen molar-refractivity contribution < 1.29 is 14.3 Å². The molecule has 0 radical (unpaired) electrons. The highest BCUT2D eigenvalue weighted by atomic mass is 35.5. The summed E-state index contributed by atoms with van der Waals surface area (Å²) in [5.74, 6) is 0.959. The molecular formula is C23H32ClN5O3Si. The average molecular weight is 490 g/mol. The Morgan fingerprint density at radius 1 is 1.24 bits per heavy atom. The zero-order chi connectivity index (χ0) is 24.4. The van der Waals surface area contributed by atoms with E-state index in [0.717, 1.165) is 22.6 Å². The number of fused-ring (bicyclic) bond motifs is 1. The van der Waals surface area contributed by atoms with Crippen molar-refractivity contribution in [3.63, 3.8) is 0 Å². The van der Waals surface area contributed by atoms with Gasteiger partial charge < -0.3 is 14.0 Å². The topological polar surface area (TPSA) is 91.2 Å². The molecule has 0 aliphatic heterocycles. The number of rotatable bonds is 7. The highest BCUT2D eigenvalue weighted by molar-refractivity contribution is 6.76. The number of nitrogens with zero attached hydrogens (tertiary/aromatic N) is 4. The van der Waals surface area contributed by atoms with Crippen molar-refractivity contribution in [2.45, 2.75) is 65.7 Å². The minimum absolute atomic E-state index is 0.363.